The van der Waals surface area contributed by atoms with Gasteiger partial charge < -0.3 is 9.84 Å². The number of pyridine rings is 1. The molecule has 1 N–H and O–H groups in total. The smallest absolute Gasteiger partial charge is 0.213 e. The number of methoxy groups -OCH3 is 1. The average molecular weight is 221 g/mol. The fourth-order valence-corrected chi connectivity index (χ4v) is 2.39. The van der Waals surface area contributed by atoms with Crippen molar-refractivity contribution in [1.82, 2.24) is 4.98 Å². The molecule has 0 aromatic carbocycles. The van der Waals surface area contributed by atoms with Crippen molar-refractivity contribution >= 4 is 0 Å². The molecule has 2 rings (SSSR count). The molecule has 3 unspecified atom stereocenters. The quantitative estimate of drug-likeness (QED) is 0.833. The summed E-state index contributed by atoms with van der Waals surface area (Å²) < 4.78 is 5.12. The van der Waals surface area contributed by atoms with E-state index in [9.17, 15) is 5.11 Å². The minimum absolute atomic E-state index is 0.169. The Morgan fingerprint density at radius 2 is 2.25 bits per heavy atom. The molecule has 0 aliphatic heterocycles. The van der Waals surface area contributed by atoms with Gasteiger partial charge in [0, 0.05) is 12.3 Å². The van der Waals surface area contributed by atoms with Gasteiger partial charge in [-0.2, -0.15) is 0 Å². The Labute approximate surface area is 96.5 Å². The molecule has 0 saturated heterocycles. The highest BCUT2D eigenvalue weighted by Gasteiger charge is 2.27. The van der Waals surface area contributed by atoms with Crippen LogP contribution in [0.2, 0.25) is 0 Å². The standard InChI is InChI=1S/C13H19NO2/c1-9-3-4-10(7-12(9)15)11-5-6-14-13(8-11)16-2/h5-6,8-10,12,15H,3-4,7H2,1-2H3. The number of aliphatic hydroxyl groups is 1. The number of nitrogens with zero attached hydrogens (tertiary/aromatic N) is 1. The molecule has 3 nitrogen and oxygen atoms in total. The molecule has 0 spiro atoms. The Morgan fingerprint density at radius 3 is 2.94 bits per heavy atom. The first-order chi connectivity index (χ1) is 7.70. The molecule has 1 fully saturated rings. The summed E-state index contributed by atoms with van der Waals surface area (Å²) in [5.74, 6) is 1.54. The number of hydrogen-bond acceptors (Lipinski definition) is 3. The van der Waals surface area contributed by atoms with E-state index < -0.39 is 0 Å². The lowest BCUT2D eigenvalue weighted by atomic mass is 9.78. The number of hydrogen-bond donors (Lipinski definition) is 1. The molecule has 0 bridgehead atoms. The molecule has 1 heterocycles. The van der Waals surface area contributed by atoms with Crippen LogP contribution in [0.25, 0.3) is 0 Å². The summed E-state index contributed by atoms with van der Waals surface area (Å²) in [6.07, 6.45) is 4.70. The van der Waals surface area contributed by atoms with Crippen molar-refractivity contribution in [3.05, 3.63) is 23.9 Å². The molecule has 1 aromatic heterocycles. The second kappa shape index (κ2) is 4.83. The van der Waals surface area contributed by atoms with Crippen molar-refractivity contribution in [2.75, 3.05) is 7.11 Å². The zero-order valence-corrected chi connectivity index (χ0v) is 9.89. The molecule has 3 heteroatoms. The zero-order chi connectivity index (χ0) is 11.5. The summed E-state index contributed by atoms with van der Waals surface area (Å²) in [4.78, 5) is 4.10. The largest absolute Gasteiger partial charge is 0.481 e. The van der Waals surface area contributed by atoms with Crippen LogP contribution in [0, 0.1) is 5.92 Å². The first-order valence-corrected chi connectivity index (χ1v) is 5.88. The Kier molecular flexibility index (Phi) is 3.44. The van der Waals surface area contributed by atoms with E-state index in [-0.39, 0.29) is 6.10 Å². The van der Waals surface area contributed by atoms with E-state index in [1.807, 2.05) is 12.1 Å². The van der Waals surface area contributed by atoms with Crippen LogP contribution in [0.5, 0.6) is 5.88 Å². The summed E-state index contributed by atoms with van der Waals surface area (Å²) in [5.41, 5.74) is 1.23. The Balaban J connectivity index is 2.12. The fraction of sp³-hybridized carbons (Fsp3) is 0.615. The maximum Gasteiger partial charge on any atom is 0.213 e. The maximum atomic E-state index is 9.89. The minimum Gasteiger partial charge on any atom is -0.481 e. The second-order valence-corrected chi connectivity index (χ2v) is 4.69. The van der Waals surface area contributed by atoms with Crippen molar-refractivity contribution < 1.29 is 9.84 Å². The van der Waals surface area contributed by atoms with Crippen LogP contribution in [0.4, 0.5) is 0 Å². The maximum absolute atomic E-state index is 9.89. The molecule has 0 radical (unpaired) electrons. The molecule has 88 valence electrons. The van der Waals surface area contributed by atoms with E-state index >= 15 is 0 Å². The van der Waals surface area contributed by atoms with Gasteiger partial charge in [0.15, 0.2) is 0 Å². The number of rotatable bonds is 2. The average Bonchev–Trinajstić information content (AvgIpc) is 2.33. The summed E-state index contributed by atoms with van der Waals surface area (Å²) >= 11 is 0. The Morgan fingerprint density at radius 1 is 1.44 bits per heavy atom. The van der Waals surface area contributed by atoms with Gasteiger partial charge in [-0.25, -0.2) is 4.98 Å². The number of aliphatic hydroxyl groups excluding tert-OH is 1. The number of ether oxygens (including phenoxy) is 1. The van der Waals surface area contributed by atoms with Crippen LogP contribution < -0.4 is 4.74 Å². The normalized spacial score (nSPS) is 30.1. The lowest BCUT2D eigenvalue weighted by Crippen LogP contribution is -2.26. The van der Waals surface area contributed by atoms with Crippen LogP contribution in [0.3, 0.4) is 0 Å². The molecular weight excluding hydrogens is 202 g/mol. The minimum atomic E-state index is -0.169. The van der Waals surface area contributed by atoms with Gasteiger partial charge in [0.1, 0.15) is 0 Å². The van der Waals surface area contributed by atoms with E-state index in [1.54, 1.807) is 13.3 Å². The van der Waals surface area contributed by atoms with Crippen LogP contribution in [0.15, 0.2) is 18.3 Å². The van der Waals surface area contributed by atoms with Gasteiger partial charge >= 0.3 is 0 Å². The highest BCUT2D eigenvalue weighted by molar-refractivity contribution is 5.24. The zero-order valence-electron chi connectivity index (χ0n) is 9.89. The molecule has 1 aromatic rings. The van der Waals surface area contributed by atoms with Crippen LogP contribution in [0.1, 0.15) is 37.7 Å². The van der Waals surface area contributed by atoms with Crippen LogP contribution in [-0.2, 0) is 0 Å². The third kappa shape index (κ3) is 2.35. The van der Waals surface area contributed by atoms with E-state index in [0.29, 0.717) is 17.7 Å². The highest BCUT2D eigenvalue weighted by Crippen LogP contribution is 2.36. The summed E-state index contributed by atoms with van der Waals surface area (Å²) in [5, 5.41) is 9.89. The molecule has 1 aliphatic carbocycles. The van der Waals surface area contributed by atoms with Gasteiger partial charge in [-0.3, -0.25) is 0 Å². The van der Waals surface area contributed by atoms with Gasteiger partial charge in [0.05, 0.1) is 13.2 Å². The fourth-order valence-electron chi connectivity index (χ4n) is 2.39. The summed E-state index contributed by atoms with van der Waals surface area (Å²) in [7, 11) is 1.63. The number of aromatic nitrogens is 1. The first kappa shape index (κ1) is 11.4. The third-order valence-corrected chi connectivity index (χ3v) is 3.59. The topological polar surface area (TPSA) is 42.4 Å². The molecule has 3 atom stereocenters. The SMILES string of the molecule is COc1cc(C2CCC(C)C(O)C2)ccn1. The van der Waals surface area contributed by atoms with Crippen molar-refractivity contribution in [3.8, 4) is 5.88 Å². The van der Waals surface area contributed by atoms with Crippen LogP contribution in [-0.4, -0.2) is 23.3 Å². The van der Waals surface area contributed by atoms with Crippen molar-refractivity contribution in [2.24, 2.45) is 5.92 Å². The lowest BCUT2D eigenvalue weighted by Gasteiger charge is -2.31. The van der Waals surface area contributed by atoms with E-state index in [1.165, 1.54) is 5.56 Å². The highest BCUT2D eigenvalue weighted by atomic mass is 16.5. The van der Waals surface area contributed by atoms with Crippen molar-refractivity contribution in [3.63, 3.8) is 0 Å². The van der Waals surface area contributed by atoms with Gasteiger partial charge in [-0.05, 0) is 42.7 Å². The Bertz CT molecular complexity index is 354. The van der Waals surface area contributed by atoms with E-state index in [0.717, 1.165) is 19.3 Å². The Hall–Kier alpha value is -1.09. The van der Waals surface area contributed by atoms with E-state index in [4.69, 9.17) is 4.74 Å². The monoisotopic (exact) mass is 221 g/mol. The van der Waals surface area contributed by atoms with Crippen molar-refractivity contribution in [2.45, 2.75) is 38.2 Å². The van der Waals surface area contributed by atoms with E-state index in [2.05, 4.69) is 11.9 Å². The van der Waals surface area contributed by atoms with Crippen molar-refractivity contribution in [1.29, 1.82) is 0 Å². The van der Waals surface area contributed by atoms with Gasteiger partial charge in [0.2, 0.25) is 5.88 Å². The molecular formula is C13H19NO2. The summed E-state index contributed by atoms with van der Waals surface area (Å²) in [6.45, 7) is 2.12. The predicted molar refractivity (Wildman–Crippen MR) is 62.6 cm³/mol. The van der Waals surface area contributed by atoms with Gasteiger partial charge in [0.25, 0.3) is 0 Å². The van der Waals surface area contributed by atoms with Crippen LogP contribution >= 0.6 is 0 Å². The predicted octanol–water partition coefficient (Wildman–Crippen LogP) is 2.35. The molecule has 16 heavy (non-hydrogen) atoms. The molecule has 1 saturated carbocycles. The first-order valence-electron chi connectivity index (χ1n) is 5.88. The lowest BCUT2D eigenvalue weighted by molar-refractivity contribution is 0.0695. The summed E-state index contributed by atoms with van der Waals surface area (Å²) in [6, 6.07) is 4.00. The molecule has 1 aliphatic rings. The second-order valence-electron chi connectivity index (χ2n) is 4.69. The van der Waals surface area contributed by atoms with Gasteiger partial charge in [-0.1, -0.05) is 6.92 Å². The third-order valence-electron chi connectivity index (χ3n) is 3.59. The molecule has 0 amide bonds. The van der Waals surface area contributed by atoms with Gasteiger partial charge in [-0.15, -0.1) is 0 Å².